The quantitative estimate of drug-likeness (QED) is 0.590. The average Bonchev–Trinajstić information content (AvgIpc) is 2.82. The van der Waals surface area contributed by atoms with Gasteiger partial charge in [-0.15, -0.1) is 11.6 Å². The third-order valence-electron chi connectivity index (χ3n) is 3.93. The molecule has 20 heavy (non-hydrogen) atoms. The van der Waals surface area contributed by atoms with Crippen molar-refractivity contribution >= 4 is 33.4 Å². The van der Waals surface area contributed by atoms with Crippen molar-refractivity contribution in [3.8, 4) is 0 Å². The van der Waals surface area contributed by atoms with Gasteiger partial charge in [0.05, 0.1) is 0 Å². The SMILES string of the molecule is CC(Br)C1NC2=C(CN(C(=O)CO)CC2)C1/C=C\CCl. The predicted octanol–water partition coefficient (Wildman–Crippen LogP) is 1.63. The van der Waals surface area contributed by atoms with E-state index in [-0.39, 0.29) is 17.9 Å². The molecule has 1 amide bonds. The second kappa shape index (κ2) is 6.96. The van der Waals surface area contributed by atoms with E-state index >= 15 is 0 Å². The third-order valence-corrected chi connectivity index (χ3v) is 4.67. The third kappa shape index (κ3) is 3.21. The molecule has 0 fully saturated rings. The van der Waals surface area contributed by atoms with E-state index < -0.39 is 6.61 Å². The standard InChI is InChI=1S/C14H20BrClN2O2/c1-9(15)14-10(3-2-5-16)11-7-18(13(20)8-19)6-4-12(11)17-14/h2-3,9-10,14,17,19H,4-8H2,1H3/b3-2-. The van der Waals surface area contributed by atoms with E-state index in [0.29, 0.717) is 23.8 Å². The summed E-state index contributed by atoms with van der Waals surface area (Å²) in [6, 6.07) is 0.281. The Balaban J connectivity index is 2.19. The van der Waals surface area contributed by atoms with Gasteiger partial charge in [0.2, 0.25) is 5.91 Å². The molecule has 2 aliphatic heterocycles. The molecule has 4 nitrogen and oxygen atoms in total. The number of nitrogens with zero attached hydrogens (tertiary/aromatic N) is 1. The van der Waals surface area contributed by atoms with Crippen LogP contribution in [0.15, 0.2) is 23.4 Å². The molecule has 0 saturated heterocycles. The van der Waals surface area contributed by atoms with Gasteiger partial charge in [-0.25, -0.2) is 0 Å². The lowest BCUT2D eigenvalue weighted by atomic mass is 9.90. The first-order chi connectivity index (χ1) is 9.58. The van der Waals surface area contributed by atoms with E-state index in [0.717, 1.165) is 6.42 Å². The first kappa shape index (κ1) is 15.9. The highest BCUT2D eigenvalue weighted by Crippen LogP contribution is 2.35. The van der Waals surface area contributed by atoms with Crippen LogP contribution in [0.3, 0.4) is 0 Å². The first-order valence-electron chi connectivity index (χ1n) is 6.82. The number of halogens is 2. The lowest BCUT2D eigenvalue weighted by Gasteiger charge is -2.29. The molecule has 2 N–H and O–H groups in total. The molecule has 0 aromatic carbocycles. The zero-order valence-corrected chi connectivity index (χ0v) is 13.8. The van der Waals surface area contributed by atoms with E-state index in [1.54, 1.807) is 4.90 Å². The molecule has 3 unspecified atom stereocenters. The number of nitrogens with one attached hydrogen (secondary N) is 1. The largest absolute Gasteiger partial charge is 0.387 e. The van der Waals surface area contributed by atoms with Crippen molar-refractivity contribution in [3.05, 3.63) is 23.4 Å². The van der Waals surface area contributed by atoms with Crippen molar-refractivity contribution < 1.29 is 9.90 Å². The van der Waals surface area contributed by atoms with Crippen LogP contribution in [0.25, 0.3) is 0 Å². The predicted molar refractivity (Wildman–Crippen MR) is 84.0 cm³/mol. The molecule has 0 bridgehead atoms. The maximum absolute atomic E-state index is 11.7. The molecule has 112 valence electrons. The highest BCUT2D eigenvalue weighted by atomic mass is 79.9. The summed E-state index contributed by atoms with van der Waals surface area (Å²) in [6.07, 6.45) is 4.90. The fourth-order valence-corrected chi connectivity index (χ4v) is 3.48. The highest BCUT2D eigenvalue weighted by Gasteiger charge is 2.38. The number of hydrogen-bond donors (Lipinski definition) is 2. The second-order valence-corrected chi connectivity index (χ2v) is 6.94. The summed E-state index contributed by atoms with van der Waals surface area (Å²) < 4.78 is 0. The van der Waals surface area contributed by atoms with E-state index in [9.17, 15) is 4.79 Å². The van der Waals surface area contributed by atoms with E-state index in [1.165, 1.54) is 11.3 Å². The van der Waals surface area contributed by atoms with Crippen molar-refractivity contribution in [2.75, 3.05) is 25.6 Å². The molecule has 0 spiro atoms. The Bertz CT molecular complexity index is 437. The molecule has 0 saturated carbocycles. The lowest BCUT2D eigenvalue weighted by molar-refractivity contribution is -0.134. The molecule has 0 aromatic heterocycles. The number of carbonyl (C=O) groups excluding carboxylic acids is 1. The molecule has 0 radical (unpaired) electrons. The number of amides is 1. The van der Waals surface area contributed by atoms with Gasteiger partial charge in [0.1, 0.15) is 6.61 Å². The minimum atomic E-state index is -0.420. The van der Waals surface area contributed by atoms with Gasteiger partial charge < -0.3 is 15.3 Å². The fourth-order valence-electron chi connectivity index (χ4n) is 2.91. The van der Waals surface area contributed by atoms with E-state index in [2.05, 4.69) is 34.2 Å². The van der Waals surface area contributed by atoms with Gasteiger partial charge in [0, 0.05) is 47.9 Å². The van der Waals surface area contributed by atoms with Crippen LogP contribution in [0.4, 0.5) is 0 Å². The summed E-state index contributed by atoms with van der Waals surface area (Å²) in [6.45, 7) is 2.96. The van der Waals surface area contributed by atoms with Gasteiger partial charge in [0.25, 0.3) is 0 Å². The van der Waals surface area contributed by atoms with Crippen molar-refractivity contribution in [2.45, 2.75) is 24.2 Å². The summed E-state index contributed by atoms with van der Waals surface area (Å²) in [5.41, 5.74) is 2.49. The van der Waals surface area contributed by atoms with Crippen LogP contribution in [-0.2, 0) is 4.79 Å². The van der Waals surface area contributed by atoms with Gasteiger partial charge in [-0.05, 0) is 5.57 Å². The Labute approximate surface area is 133 Å². The number of aliphatic hydroxyl groups is 1. The van der Waals surface area contributed by atoms with Crippen LogP contribution in [0.5, 0.6) is 0 Å². The second-order valence-electron chi connectivity index (χ2n) is 5.18. The number of rotatable bonds is 4. The fraction of sp³-hybridized carbons (Fsp3) is 0.643. The van der Waals surface area contributed by atoms with Crippen molar-refractivity contribution in [3.63, 3.8) is 0 Å². The zero-order chi connectivity index (χ0) is 14.7. The van der Waals surface area contributed by atoms with Crippen LogP contribution in [-0.4, -0.2) is 52.4 Å². The lowest BCUT2D eigenvalue weighted by Crippen LogP contribution is -2.39. The van der Waals surface area contributed by atoms with Crippen LogP contribution >= 0.6 is 27.5 Å². The number of carbonyl (C=O) groups is 1. The molecule has 2 rings (SSSR count). The first-order valence-corrected chi connectivity index (χ1v) is 8.27. The van der Waals surface area contributed by atoms with Gasteiger partial charge >= 0.3 is 0 Å². The Kier molecular flexibility index (Phi) is 5.52. The summed E-state index contributed by atoms with van der Waals surface area (Å²) in [5.74, 6) is 0.529. The molecule has 0 aliphatic carbocycles. The zero-order valence-electron chi connectivity index (χ0n) is 11.5. The van der Waals surface area contributed by atoms with Crippen LogP contribution < -0.4 is 5.32 Å². The Hall–Kier alpha value is -0.520. The summed E-state index contributed by atoms with van der Waals surface area (Å²) in [4.78, 5) is 13.7. The summed E-state index contributed by atoms with van der Waals surface area (Å²) >= 11 is 9.40. The minimum Gasteiger partial charge on any atom is -0.387 e. The van der Waals surface area contributed by atoms with E-state index in [1.807, 2.05) is 6.08 Å². The van der Waals surface area contributed by atoms with Crippen molar-refractivity contribution in [2.24, 2.45) is 5.92 Å². The van der Waals surface area contributed by atoms with Crippen LogP contribution in [0, 0.1) is 5.92 Å². The number of alkyl halides is 2. The van der Waals surface area contributed by atoms with Crippen LogP contribution in [0.1, 0.15) is 13.3 Å². The van der Waals surface area contributed by atoms with Crippen molar-refractivity contribution in [1.29, 1.82) is 0 Å². The van der Waals surface area contributed by atoms with Gasteiger partial charge in [-0.3, -0.25) is 4.79 Å². The normalized spacial score (nSPS) is 27.7. The molecule has 3 atom stereocenters. The van der Waals surface area contributed by atoms with E-state index in [4.69, 9.17) is 16.7 Å². The maximum Gasteiger partial charge on any atom is 0.248 e. The average molecular weight is 364 g/mol. The number of aliphatic hydroxyl groups excluding tert-OH is 1. The van der Waals surface area contributed by atoms with Gasteiger partial charge in [-0.1, -0.05) is 35.0 Å². The van der Waals surface area contributed by atoms with Crippen LogP contribution in [0.2, 0.25) is 0 Å². The molecule has 2 heterocycles. The number of allylic oxidation sites excluding steroid dienone is 1. The van der Waals surface area contributed by atoms with Crippen molar-refractivity contribution in [1.82, 2.24) is 10.2 Å². The Morgan fingerprint density at radius 2 is 2.45 bits per heavy atom. The molecular formula is C14H20BrClN2O2. The minimum absolute atomic E-state index is 0.202. The molecule has 2 aliphatic rings. The molecular weight excluding hydrogens is 344 g/mol. The van der Waals surface area contributed by atoms with Gasteiger partial charge in [0.15, 0.2) is 0 Å². The number of hydrogen-bond acceptors (Lipinski definition) is 3. The molecule has 6 heteroatoms. The Morgan fingerprint density at radius 3 is 3.05 bits per heavy atom. The maximum atomic E-state index is 11.7. The molecule has 0 aromatic rings. The summed E-state index contributed by atoms with van der Waals surface area (Å²) in [5, 5.41) is 12.6. The monoisotopic (exact) mass is 362 g/mol. The topological polar surface area (TPSA) is 52.6 Å². The highest BCUT2D eigenvalue weighted by molar-refractivity contribution is 9.09. The smallest absolute Gasteiger partial charge is 0.248 e. The van der Waals surface area contributed by atoms with Gasteiger partial charge in [-0.2, -0.15) is 0 Å². The Morgan fingerprint density at radius 1 is 1.70 bits per heavy atom. The summed E-state index contributed by atoms with van der Waals surface area (Å²) in [7, 11) is 0.